The second-order valence-corrected chi connectivity index (χ2v) is 10.6. The van der Waals surface area contributed by atoms with Gasteiger partial charge in [0, 0.05) is 38.3 Å². The first-order valence-electron chi connectivity index (χ1n) is 14.2. The van der Waals surface area contributed by atoms with Crippen molar-refractivity contribution in [3.05, 3.63) is 140 Å². The normalized spacial score (nSPS) is 12.3. The number of aromatic nitrogens is 2. The van der Waals surface area contributed by atoms with E-state index in [1.807, 2.05) is 6.07 Å². The maximum atomic E-state index is 9.21. The third-order valence-corrected chi connectivity index (χ3v) is 8.42. The number of hydrogen-bond donors (Lipinski definition) is 1. The first-order valence-corrected chi connectivity index (χ1v) is 13.7. The van der Waals surface area contributed by atoms with Crippen molar-refractivity contribution in [3.63, 3.8) is 0 Å². The van der Waals surface area contributed by atoms with Crippen molar-refractivity contribution in [1.82, 2.24) is 9.55 Å². The van der Waals surface area contributed by atoms with Crippen LogP contribution in [0.2, 0.25) is 0 Å². The van der Waals surface area contributed by atoms with E-state index in [1.54, 1.807) is 0 Å². The lowest BCUT2D eigenvalue weighted by molar-refractivity contribution is 1.18. The van der Waals surface area contributed by atoms with Crippen LogP contribution >= 0.6 is 0 Å². The molecule has 40 heavy (non-hydrogen) atoms. The van der Waals surface area contributed by atoms with Crippen LogP contribution < -0.4 is 0 Å². The van der Waals surface area contributed by atoms with E-state index in [0.29, 0.717) is 6.04 Å². The van der Waals surface area contributed by atoms with Crippen molar-refractivity contribution in [1.29, 1.82) is 0 Å². The van der Waals surface area contributed by atoms with Crippen molar-refractivity contribution in [2.24, 2.45) is 0 Å². The van der Waals surface area contributed by atoms with E-state index < -0.39 is 0 Å². The zero-order chi connectivity index (χ0) is 27.1. The van der Waals surface area contributed by atoms with Crippen LogP contribution in [0, 0.1) is 0 Å². The van der Waals surface area contributed by atoms with Crippen LogP contribution in [0.15, 0.2) is 140 Å². The summed E-state index contributed by atoms with van der Waals surface area (Å²) in [6.07, 6.45) is 0. The fraction of sp³-hybridized carbons (Fsp3) is 0. The summed E-state index contributed by atoms with van der Waals surface area (Å²) < 4.78 is 11.5. The number of H-pyrrole nitrogens is 1. The summed E-state index contributed by atoms with van der Waals surface area (Å²) in [5, 5.41) is 9.79. The van der Waals surface area contributed by atoms with E-state index in [1.165, 1.54) is 43.1 Å². The van der Waals surface area contributed by atoms with Crippen molar-refractivity contribution >= 4 is 65.2 Å². The van der Waals surface area contributed by atoms with Gasteiger partial charge >= 0.3 is 0 Å². The zero-order valence-electron chi connectivity index (χ0n) is 22.6. The Hall–Kier alpha value is -5.34. The fourth-order valence-corrected chi connectivity index (χ4v) is 6.60. The summed E-state index contributed by atoms with van der Waals surface area (Å²) >= 11 is 0. The van der Waals surface area contributed by atoms with E-state index in [2.05, 4.69) is 137 Å². The first kappa shape index (κ1) is 20.6. The molecule has 0 aliphatic rings. The summed E-state index contributed by atoms with van der Waals surface area (Å²) in [5.74, 6) is 0. The van der Waals surface area contributed by atoms with Gasteiger partial charge in [0.05, 0.1) is 12.4 Å². The summed E-state index contributed by atoms with van der Waals surface area (Å²) in [6.45, 7) is 0. The molecule has 9 rings (SSSR count). The van der Waals surface area contributed by atoms with Gasteiger partial charge in [0.15, 0.2) is 0 Å². The molecule has 0 aliphatic heterocycles. The molecule has 2 heteroatoms. The topological polar surface area (TPSA) is 20.7 Å². The molecule has 0 fully saturated rings. The van der Waals surface area contributed by atoms with E-state index >= 15 is 0 Å². The summed E-state index contributed by atoms with van der Waals surface area (Å²) in [4.78, 5) is 3.69. The van der Waals surface area contributed by atoms with Gasteiger partial charge in [-0.15, -0.1) is 0 Å². The standard InChI is InChI=1S/C38H24N2/c1-3-11-28-24(8-1)10-7-14-29(28)26-16-19-27(20-17-26)40-36-15-6-5-13-31(36)32-22-33-35(23-37(32)40)39-34-21-18-25-9-2-4-12-30(25)38(33)34/h1-23,39H/i19D. The molecule has 0 unspecified atom stereocenters. The van der Waals surface area contributed by atoms with Gasteiger partial charge in [-0.25, -0.2) is 0 Å². The molecule has 0 atom stereocenters. The van der Waals surface area contributed by atoms with Crippen molar-refractivity contribution in [2.75, 3.05) is 0 Å². The summed E-state index contributed by atoms with van der Waals surface area (Å²) in [5.41, 5.74) is 7.53. The van der Waals surface area contributed by atoms with Gasteiger partial charge in [-0.2, -0.15) is 0 Å². The SMILES string of the molecule is [2H]c1cc(-c2cccc3ccccc23)ccc1-n1c2ccccc2c2cc3c(cc21)[nH]c1ccc2ccccc2c13. The van der Waals surface area contributed by atoms with E-state index in [0.717, 1.165) is 38.9 Å². The van der Waals surface area contributed by atoms with Gasteiger partial charge in [-0.05, 0) is 69.0 Å². The van der Waals surface area contributed by atoms with Gasteiger partial charge in [0.2, 0.25) is 0 Å². The molecule has 2 heterocycles. The molecule has 7 aromatic carbocycles. The molecule has 0 radical (unpaired) electrons. The average Bonchev–Trinajstić information content (AvgIpc) is 3.55. The number of para-hydroxylation sites is 1. The maximum absolute atomic E-state index is 9.21. The molecular formula is C38H24N2. The van der Waals surface area contributed by atoms with Gasteiger partial charge in [-0.1, -0.05) is 103 Å². The van der Waals surface area contributed by atoms with Crippen LogP contribution in [0.4, 0.5) is 0 Å². The number of fused-ring (bicyclic) bond motifs is 9. The Morgan fingerprint density at radius 3 is 2.12 bits per heavy atom. The lowest BCUT2D eigenvalue weighted by atomic mass is 9.98. The Labute approximate surface area is 232 Å². The predicted octanol–water partition coefficient (Wildman–Crippen LogP) is 10.4. The van der Waals surface area contributed by atoms with Gasteiger partial charge in [-0.3, -0.25) is 0 Å². The van der Waals surface area contributed by atoms with Crippen molar-refractivity contribution in [2.45, 2.75) is 0 Å². The van der Waals surface area contributed by atoms with Crippen molar-refractivity contribution < 1.29 is 1.37 Å². The molecular weight excluding hydrogens is 484 g/mol. The summed E-state index contributed by atoms with van der Waals surface area (Å²) in [6, 6.07) is 47.7. The molecule has 9 aromatic rings. The van der Waals surface area contributed by atoms with Crippen LogP contribution in [0.1, 0.15) is 1.37 Å². The van der Waals surface area contributed by atoms with Crippen LogP contribution in [-0.4, -0.2) is 9.55 Å². The molecule has 2 aromatic heterocycles. The van der Waals surface area contributed by atoms with Gasteiger partial charge in [0.1, 0.15) is 0 Å². The minimum atomic E-state index is 0.501. The number of aromatic amines is 1. The molecule has 1 N–H and O–H groups in total. The third-order valence-electron chi connectivity index (χ3n) is 8.42. The highest BCUT2D eigenvalue weighted by molar-refractivity contribution is 6.24. The highest BCUT2D eigenvalue weighted by atomic mass is 15.0. The largest absolute Gasteiger partial charge is 0.354 e. The van der Waals surface area contributed by atoms with Crippen LogP contribution in [0.3, 0.4) is 0 Å². The Balaban J connectivity index is 1.32. The first-order chi connectivity index (χ1) is 20.2. The number of hydrogen-bond acceptors (Lipinski definition) is 0. The quantitative estimate of drug-likeness (QED) is 0.239. The average molecular weight is 510 g/mol. The molecule has 0 bridgehead atoms. The van der Waals surface area contributed by atoms with Crippen LogP contribution in [-0.2, 0) is 0 Å². The molecule has 0 aliphatic carbocycles. The highest BCUT2D eigenvalue weighted by Crippen LogP contribution is 2.39. The monoisotopic (exact) mass is 509 g/mol. The highest BCUT2D eigenvalue weighted by Gasteiger charge is 2.16. The Bertz CT molecular complexity index is 2490. The van der Waals surface area contributed by atoms with Crippen molar-refractivity contribution in [3.8, 4) is 16.8 Å². The minimum absolute atomic E-state index is 0.501. The molecule has 0 amide bonds. The zero-order valence-corrected chi connectivity index (χ0v) is 21.6. The smallest absolute Gasteiger partial charge is 0.0645 e. The van der Waals surface area contributed by atoms with Crippen LogP contribution in [0.25, 0.3) is 82.0 Å². The Morgan fingerprint density at radius 1 is 0.500 bits per heavy atom. The number of rotatable bonds is 2. The van der Waals surface area contributed by atoms with E-state index in [4.69, 9.17) is 0 Å². The molecule has 2 nitrogen and oxygen atoms in total. The second-order valence-electron chi connectivity index (χ2n) is 10.6. The molecule has 0 saturated carbocycles. The molecule has 186 valence electrons. The molecule has 0 spiro atoms. The summed E-state index contributed by atoms with van der Waals surface area (Å²) in [7, 11) is 0. The maximum Gasteiger partial charge on any atom is 0.0645 e. The predicted molar refractivity (Wildman–Crippen MR) is 171 cm³/mol. The lowest BCUT2D eigenvalue weighted by Gasteiger charge is -2.11. The van der Waals surface area contributed by atoms with Crippen LogP contribution in [0.5, 0.6) is 0 Å². The molecule has 0 saturated heterocycles. The van der Waals surface area contributed by atoms with Gasteiger partial charge < -0.3 is 9.55 Å². The second kappa shape index (κ2) is 8.08. The Morgan fingerprint density at radius 2 is 1.25 bits per heavy atom. The number of nitrogens with zero attached hydrogens (tertiary/aromatic N) is 1. The number of benzene rings is 7. The lowest BCUT2D eigenvalue weighted by Crippen LogP contribution is -1.94. The van der Waals surface area contributed by atoms with E-state index in [9.17, 15) is 1.37 Å². The van der Waals surface area contributed by atoms with E-state index in [-0.39, 0.29) is 0 Å². The third kappa shape index (κ3) is 2.99. The Kier molecular flexibility index (Phi) is 4.16. The van der Waals surface area contributed by atoms with Gasteiger partial charge in [0.25, 0.3) is 0 Å². The number of nitrogens with one attached hydrogen (secondary N) is 1. The fourth-order valence-electron chi connectivity index (χ4n) is 6.60. The minimum Gasteiger partial charge on any atom is -0.354 e.